The first-order valence-electron chi connectivity index (χ1n) is 11.0. The number of benzene rings is 1. The lowest BCUT2D eigenvalue weighted by Crippen LogP contribution is -2.40. The molecule has 32 heavy (non-hydrogen) atoms. The topological polar surface area (TPSA) is 151 Å². The number of methoxy groups -OCH3 is 1. The summed E-state index contributed by atoms with van der Waals surface area (Å²) in [5.41, 5.74) is 7.41. The van der Waals surface area contributed by atoms with Crippen LogP contribution in [0.5, 0.6) is 0 Å². The van der Waals surface area contributed by atoms with E-state index < -0.39 is 21.9 Å². The number of sulfonamides is 1. The van der Waals surface area contributed by atoms with Crippen molar-refractivity contribution in [2.45, 2.75) is 50.5 Å². The van der Waals surface area contributed by atoms with E-state index in [2.05, 4.69) is 14.8 Å². The maximum Gasteiger partial charge on any atom is 0.306 e. The Bertz CT molecular complexity index is 940. The molecule has 1 saturated carbocycles. The van der Waals surface area contributed by atoms with Crippen LogP contribution < -0.4 is 15.8 Å². The fourth-order valence-corrected chi connectivity index (χ4v) is 6.14. The molecular formula is C22H32N4O5S. The number of amidine groups is 1. The van der Waals surface area contributed by atoms with Gasteiger partial charge in [0, 0.05) is 18.2 Å². The van der Waals surface area contributed by atoms with Crippen molar-refractivity contribution in [1.82, 2.24) is 10.0 Å². The summed E-state index contributed by atoms with van der Waals surface area (Å²) in [5, 5.41) is 10.2. The summed E-state index contributed by atoms with van der Waals surface area (Å²) in [7, 11) is -2.18. The lowest BCUT2D eigenvalue weighted by molar-refractivity contribution is -0.143. The number of amides is 1. The first-order chi connectivity index (χ1) is 15.2. The first-order valence-corrected chi connectivity index (χ1v) is 12.6. The van der Waals surface area contributed by atoms with Crippen LogP contribution in [0.25, 0.3) is 0 Å². The molecule has 1 saturated heterocycles. The van der Waals surface area contributed by atoms with Crippen LogP contribution in [0.2, 0.25) is 0 Å². The van der Waals surface area contributed by atoms with Crippen LogP contribution in [0.3, 0.4) is 0 Å². The number of ether oxygens (including phenoxy) is 1. The molecule has 0 unspecified atom stereocenters. The molecule has 176 valence electrons. The van der Waals surface area contributed by atoms with E-state index in [0.29, 0.717) is 17.9 Å². The predicted octanol–water partition coefficient (Wildman–Crippen LogP) is 1.23. The van der Waals surface area contributed by atoms with Gasteiger partial charge in [0.2, 0.25) is 15.9 Å². The molecule has 5 N–H and O–H groups in total. The smallest absolute Gasteiger partial charge is 0.306 e. The summed E-state index contributed by atoms with van der Waals surface area (Å²) in [6, 6.07) is 7.40. The lowest BCUT2D eigenvalue weighted by Gasteiger charge is -2.29. The molecule has 1 aromatic carbocycles. The van der Waals surface area contributed by atoms with Crippen molar-refractivity contribution in [1.29, 1.82) is 5.41 Å². The number of hydrogen-bond acceptors (Lipinski definition) is 6. The third kappa shape index (κ3) is 6.52. The fourth-order valence-electron chi connectivity index (χ4n) is 4.62. The van der Waals surface area contributed by atoms with Gasteiger partial charge in [-0.2, -0.15) is 0 Å². The lowest BCUT2D eigenvalue weighted by atomic mass is 9.79. The summed E-state index contributed by atoms with van der Waals surface area (Å²) < 4.78 is 32.4. The van der Waals surface area contributed by atoms with E-state index in [1.54, 1.807) is 0 Å². The number of nitrogens with one attached hydrogen (secondary N) is 3. The van der Waals surface area contributed by atoms with Crippen LogP contribution >= 0.6 is 0 Å². The summed E-state index contributed by atoms with van der Waals surface area (Å²) >= 11 is 0. The summed E-state index contributed by atoms with van der Waals surface area (Å²) in [5.74, 6) is -0.541. The van der Waals surface area contributed by atoms with Gasteiger partial charge in [0.15, 0.2) is 0 Å². The average molecular weight is 465 g/mol. The van der Waals surface area contributed by atoms with Gasteiger partial charge in [-0.15, -0.1) is 0 Å². The van der Waals surface area contributed by atoms with Crippen molar-refractivity contribution in [3.63, 3.8) is 0 Å². The highest BCUT2D eigenvalue weighted by Crippen LogP contribution is 2.36. The number of nitrogen functional groups attached to an aromatic ring is 1. The van der Waals surface area contributed by atoms with Gasteiger partial charge in [-0.1, -0.05) is 24.3 Å². The maximum atomic E-state index is 12.6. The van der Waals surface area contributed by atoms with Gasteiger partial charge in [-0.25, -0.2) is 13.1 Å². The van der Waals surface area contributed by atoms with Crippen molar-refractivity contribution in [2.75, 3.05) is 19.4 Å². The SMILES string of the molecule is COC(=O)C[C@@H]1C[C@@H](CNS(=O)(=O)CC2CCC(c3ccc(C(=N)N)cc3)CC2)NC1=O. The number of hydrogen-bond donors (Lipinski definition) is 4. The number of esters is 1. The Morgan fingerprint density at radius 3 is 2.47 bits per heavy atom. The monoisotopic (exact) mass is 464 g/mol. The zero-order valence-corrected chi connectivity index (χ0v) is 19.1. The van der Waals surface area contributed by atoms with Crippen molar-refractivity contribution in [2.24, 2.45) is 17.6 Å². The van der Waals surface area contributed by atoms with E-state index in [4.69, 9.17) is 11.1 Å². The molecule has 10 heteroatoms. The van der Waals surface area contributed by atoms with Gasteiger partial charge in [0.25, 0.3) is 0 Å². The average Bonchev–Trinajstić information content (AvgIpc) is 3.12. The standard InChI is InChI=1S/C22H32N4O5S/c1-31-20(27)11-18-10-19(26-22(18)28)12-25-32(29,30)13-14-2-4-15(5-3-14)16-6-8-17(9-7-16)21(23)24/h6-9,14-15,18-19,25H,2-5,10-13H2,1H3,(H3,23,24)(H,26,28)/t14?,15?,18-,19-/m0/s1. The molecule has 1 amide bonds. The van der Waals surface area contributed by atoms with Gasteiger partial charge in [0.05, 0.1) is 25.2 Å². The number of rotatable bonds is 9. The number of carbonyl (C=O) groups is 2. The maximum absolute atomic E-state index is 12.6. The molecule has 1 aliphatic carbocycles. The van der Waals surface area contributed by atoms with E-state index in [-0.39, 0.29) is 42.4 Å². The Kier molecular flexibility index (Phi) is 7.89. The molecule has 1 aliphatic heterocycles. The Morgan fingerprint density at radius 1 is 1.22 bits per heavy atom. The van der Waals surface area contributed by atoms with Crippen LogP contribution in [-0.2, 0) is 24.3 Å². The van der Waals surface area contributed by atoms with E-state index in [0.717, 1.165) is 25.7 Å². The second-order valence-corrected chi connectivity index (χ2v) is 10.7. The molecule has 3 rings (SSSR count). The normalized spacial score (nSPS) is 25.8. The van der Waals surface area contributed by atoms with Crippen LogP contribution in [0.4, 0.5) is 0 Å². The minimum Gasteiger partial charge on any atom is -0.469 e. The molecule has 0 radical (unpaired) electrons. The third-order valence-corrected chi connectivity index (χ3v) is 7.99. The first kappa shape index (κ1) is 24.2. The summed E-state index contributed by atoms with van der Waals surface area (Å²) in [6.45, 7) is 0.129. The zero-order valence-electron chi connectivity index (χ0n) is 18.3. The number of nitrogens with two attached hydrogens (primary N) is 1. The third-order valence-electron chi connectivity index (χ3n) is 6.47. The second-order valence-electron chi connectivity index (χ2n) is 8.80. The highest BCUT2D eigenvalue weighted by atomic mass is 32.2. The van der Waals surface area contributed by atoms with Crippen molar-refractivity contribution in [3.05, 3.63) is 35.4 Å². The summed E-state index contributed by atoms with van der Waals surface area (Å²) in [6.07, 6.45) is 3.93. The molecule has 0 spiro atoms. The van der Waals surface area contributed by atoms with Crippen LogP contribution in [0.1, 0.15) is 55.6 Å². The molecule has 9 nitrogen and oxygen atoms in total. The molecular weight excluding hydrogens is 432 g/mol. The van der Waals surface area contributed by atoms with E-state index >= 15 is 0 Å². The van der Waals surface area contributed by atoms with E-state index in [1.807, 2.05) is 24.3 Å². The van der Waals surface area contributed by atoms with Crippen LogP contribution in [0.15, 0.2) is 24.3 Å². The predicted molar refractivity (Wildman–Crippen MR) is 121 cm³/mol. The Balaban J connectivity index is 1.43. The van der Waals surface area contributed by atoms with Gasteiger partial charge in [0.1, 0.15) is 5.84 Å². The van der Waals surface area contributed by atoms with Crippen LogP contribution in [-0.4, -0.2) is 51.6 Å². The minimum atomic E-state index is -3.46. The van der Waals surface area contributed by atoms with E-state index in [9.17, 15) is 18.0 Å². The molecule has 2 atom stereocenters. The zero-order chi connectivity index (χ0) is 23.3. The molecule has 1 aromatic rings. The highest BCUT2D eigenvalue weighted by molar-refractivity contribution is 7.89. The number of carbonyl (C=O) groups excluding carboxylic acids is 2. The highest BCUT2D eigenvalue weighted by Gasteiger charge is 2.34. The van der Waals surface area contributed by atoms with Gasteiger partial charge in [-0.05, 0) is 49.5 Å². The molecule has 2 aliphatic rings. The molecule has 0 bridgehead atoms. The van der Waals surface area contributed by atoms with Crippen molar-refractivity contribution >= 4 is 27.7 Å². The minimum absolute atomic E-state index is 0.00625. The van der Waals surface area contributed by atoms with E-state index in [1.165, 1.54) is 12.7 Å². The summed E-state index contributed by atoms with van der Waals surface area (Å²) in [4.78, 5) is 23.4. The second kappa shape index (κ2) is 10.4. The Hall–Kier alpha value is -2.46. The largest absolute Gasteiger partial charge is 0.469 e. The fraction of sp³-hybridized carbons (Fsp3) is 0.591. The van der Waals surface area contributed by atoms with Gasteiger partial charge < -0.3 is 15.8 Å². The Labute approximate surface area is 189 Å². The molecule has 2 fully saturated rings. The van der Waals surface area contributed by atoms with Crippen molar-refractivity contribution < 1.29 is 22.7 Å². The Morgan fingerprint density at radius 2 is 1.88 bits per heavy atom. The molecule has 1 heterocycles. The van der Waals surface area contributed by atoms with Crippen LogP contribution in [0, 0.1) is 17.2 Å². The molecule has 0 aromatic heterocycles. The van der Waals surface area contributed by atoms with Gasteiger partial charge in [-0.3, -0.25) is 15.0 Å². The quantitative estimate of drug-likeness (QED) is 0.245. The van der Waals surface area contributed by atoms with Crippen molar-refractivity contribution in [3.8, 4) is 0 Å². The van der Waals surface area contributed by atoms with Gasteiger partial charge >= 0.3 is 5.97 Å².